The fourth-order valence-corrected chi connectivity index (χ4v) is 5.13. The summed E-state index contributed by atoms with van der Waals surface area (Å²) in [6.45, 7) is 2.48. The number of imide groups is 1. The third kappa shape index (κ3) is 4.93. The lowest BCUT2D eigenvalue weighted by atomic mass is 9.74. The van der Waals surface area contributed by atoms with Crippen LogP contribution in [0.5, 0.6) is 5.75 Å². The SMILES string of the molecule is COCCN1C(=O)N[C@@](Cc2cccc(OC)c2)(C2CCN(Cc3ccccc3F)CC2)C1=O. The number of carbonyl (C=O) groups is 2. The van der Waals surface area contributed by atoms with Crippen LogP contribution in [0.1, 0.15) is 24.0 Å². The molecule has 0 unspecified atom stereocenters. The van der Waals surface area contributed by atoms with Gasteiger partial charge in [-0.15, -0.1) is 0 Å². The molecule has 2 aliphatic heterocycles. The maximum absolute atomic E-state index is 14.1. The molecular formula is C26H32FN3O4. The number of urea groups is 1. The summed E-state index contributed by atoms with van der Waals surface area (Å²) in [4.78, 5) is 30.1. The first kappa shape index (κ1) is 24.2. The van der Waals surface area contributed by atoms with E-state index < -0.39 is 5.54 Å². The molecule has 0 aromatic heterocycles. The number of rotatable bonds is 9. The van der Waals surface area contributed by atoms with Gasteiger partial charge in [-0.25, -0.2) is 9.18 Å². The highest BCUT2D eigenvalue weighted by Crippen LogP contribution is 2.37. The molecule has 0 bridgehead atoms. The molecule has 182 valence electrons. The predicted molar refractivity (Wildman–Crippen MR) is 126 cm³/mol. The van der Waals surface area contributed by atoms with E-state index in [9.17, 15) is 14.0 Å². The molecule has 2 fully saturated rings. The number of methoxy groups -OCH3 is 2. The van der Waals surface area contributed by atoms with Crippen LogP contribution in [0.2, 0.25) is 0 Å². The van der Waals surface area contributed by atoms with Crippen molar-refractivity contribution in [2.45, 2.75) is 31.3 Å². The number of nitrogens with zero attached hydrogens (tertiary/aromatic N) is 2. The lowest BCUT2D eigenvalue weighted by Gasteiger charge is -2.41. The Morgan fingerprint density at radius 1 is 1.09 bits per heavy atom. The molecule has 8 heteroatoms. The molecule has 1 N–H and O–H groups in total. The van der Waals surface area contributed by atoms with Gasteiger partial charge in [-0.3, -0.25) is 14.6 Å². The fourth-order valence-electron chi connectivity index (χ4n) is 5.13. The van der Waals surface area contributed by atoms with E-state index in [-0.39, 0.29) is 36.8 Å². The van der Waals surface area contributed by atoms with Crippen LogP contribution in [0.3, 0.4) is 0 Å². The quantitative estimate of drug-likeness (QED) is 0.571. The highest BCUT2D eigenvalue weighted by atomic mass is 19.1. The van der Waals surface area contributed by atoms with Crippen molar-refractivity contribution < 1.29 is 23.5 Å². The van der Waals surface area contributed by atoms with Gasteiger partial charge in [0.25, 0.3) is 5.91 Å². The Bertz CT molecular complexity index is 1020. The van der Waals surface area contributed by atoms with E-state index in [4.69, 9.17) is 9.47 Å². The van der Waals surface area contributed by atoms with E-state index in [0.717, 1.165) is 31.5 Å². The van der Waals surface area contributed by atoms with Gasteiger partial charge in [-0.2, -0.15) is 0 Å². The number of hydrogen-bond acceptors (Lipinski definition) is 5. The molecular weight excluding hydrogens is 437 g/mol. The maximum atomic E-state index is 14.1. The predicted octanol–water partition coefficient (Wildman–Crippen LogP) is 3.23. The summed E-state index contributed by atoms with van der Waals surface area (Å²) >= 11 is 0. The zero-order chi connectivity index (χ0) is 24.1. The van der Waals surface area contributed by atoms with E-state index in [1.54, 1.807) is 26.4 Å². The maximum Gasteiger partial charge on any atom is 0.325 e. The molecule has 1 atom stereocenters. The van der Waals surface area contributed by atoms with Crippen molar-refractivity contribution >= 4 is 11.9 Å². The topological polar surface area (TPSA) is 71.1 Å². The second kappa shape index (κ2) is 10.5. The summed E-state index contributed by atoms with van der Waals surface area (Å²) < 4.78 is 24.6. The average Bonchev–Trinajstić information content (AvgIpc) is 3.09. The zero-order valence-electron chi connectivity index (χ0n) is 19.8. The summed E-state index contributed by atoms with van der Waals surface area (Å²) in [6.07, 6.45) is 1.83. The molecule has 2 aliphatic rings. The smallest absolute Gasteiger partial charge is 0.325 e. The highest BCUT2D eigenvalue weighted by Gasteiger charge is 2.55. The van der Waals surface area contributed by atoms with Crippen LogP contribution in [0, 0.1) is 11.7 Å². The molecule has 2 saturated heterocycles. The first-order valence-corrected chi connectivity index (χ1v) is 11.7. The van der Waals surface area contributed by atoms with Crippen molar-refractivity contribution in [1.29, 1.82) is 0 Å². The summed E-state index contributed by atoms with van der Waals surface area (Å²) in [7, 11) is 3.16. The Morgan fingerprint density at radius 2 is 1.85 bits per heavy atom. The average molecular weight is 470 g/mol. The largest absolute Gasteiger partial charge is 0.497 e. The van der Waals surface area contributed by atoms with Crippen LogP contribution in [-0.4, -0.2) is 67.7 Å². The Morgan fingerprint density at radius 3 is 2.56 bits per heavy atom. The Labute approximate surface area is 199 Å². The van der Waals surface area contributed by atoms with Crippen molar-refractivity contribution in [3.8, 4) is 5.75 Å². The summed E-state index contributed by atoms with van der Waals surface area (Å²) in [5, 5.41) is 3.07. The lowest BCUT2D eigenvalue weighted by molar-refractivity contribution is -0.134. The lowest BCUT2D eigenvalue weighted by Crippen LogP contribution is -2.57. The van der Waals surface area contributed by atoms with Crippen molar-refractivity contribution in [1.82, 2.24) is 15.1 Å². The number of hydrogen-bond donors (Lipinski definition) is 1. The molecule has 7 nitrogen and oxygen atoms in total. The summed E-state index contributed by atoms with van der Waals surface area (Å²) in [5.74, 6) is 0.260. The third-order valence-corrected chi connectivity index (χ3v) is 6.97. The molecule has 34 heavy (non-hydrogen) atoms. The van der Waals surface area contributed by atoms with Crippen LogP contribution < -0.4 is 10.1 Å². The number of ether oxygens (including phenoxy) is 2. The summed E-state index contributed by atoms with van der Waals surface area (Å²) in [6, 6.07) is 14.1. The van der Waals surface area contributed by atoms with Gasteiger partial charge < -0.3 is 14.8 Å². The third-order valence-electron chi connectivity index (χ3n) is 6.97. The second-order valence-electron chi connectivity index (χ2n) is 9.02. The van der Waals surface area contributed by atoms with Gasteiger partial charge in [-0.1, -0.05) is 30.3 Å². The molecule has 4 rings (SSSR count). The number of likely N-dealkylation sites (tertiary alicyclic amines) is 1. The first-order chi connectivity index (χ1) is 16.5. The van der Waals surface area contributed by atoms with E-state index >= 15 is 0 Å². The molecule has 3 amide bonds. The van der Waals surface area contributed by atoms with Crippen LogP contribution >= 0.6 is 0 Å². The first-order valence-electron chi connectivity index (χ1n) is 11.7. The van der Waals surface area contributed by atoms with Crippen LogP contribution in [0.15, 0.2) is 48.5 Å². The van der Waals surface area contributed by atoms with Crippen molar-refractivity contribution in [2.24, 2.45) is 5.92 Å². The van der Waals surface area contributed by atoms with Gasteiger partial charge in [0.2, 0.25) is 0 Å². The second-order valence-corrected chi connectivity index (χ2v) is 9.02. The minimum absolute atomic E-state index is 0.0421. The van der Waals surface area contributed by atoms with Crippen molar-refractivity contribution in [2.75, 3.05) is 40.5 Å². The number of nitrogens with one attached hydrogen (secondary N) is 1. The van der Waals surface area contributed by atoms with Gasteiger partial charge in [0.1, 0.15) is 17.1 Å². The zero-order valence-corrected chi connectivity index (χ0v) is 19.8. The van der Waals surface area contributed by atoms with Gasteiger partial charge in [0, 0.05) is 25.6 Å². The Kier molecular flexibility index (Phi) is 7.48. The van der Waals surface area contributed by atoms with E-state index in [1.807, 2.05) is 30.3 Å². The van der Waals surface area contributed by atoms with E-state index in [1.165, 1.54) is 11.0 Å². The number of piperidine rings is 1. The Hall–Kier alpha value is -2.97. The normalized spacial score (nSPS) is 21.7. The van der Waals surface area contributed by atoms with E-state index in [0.29, 0.717) is 24.3 Å². The molecule has 0 saturated carbocycles. The molecule has 0 radical (unpaired) electrons. The molecule has 2 aromatic carbocycles. The Balaban J connectivity index is 1.55. The van der Waals surface area contributed by atoms with Crippen LogP contribution in [0.4, 0.5) is 9.18 Å². The van der Waals surface area contributed by atoms with E-state index in [2.05, 4.69) is 10.2 Å². The van der Waals surface area contributed by atoms with Crippen molar-refractivity contribution in [3.63, 3.8) is 0 Å². The molecule has 0 spiro atoms. The molecule has 2 heterocycles. The monoisotopic (exact) mass is 469 g/mol. The number of halogens is 1. The standard InChI is InChI=1S/C26H32FN3O4/c1-33-15-14-30-24(31)26(28-25(30)32,17-19-6-5-8-22(16-19)34-2)21-10-12-29(13-11-21)18-20-7-3-4-9-23(20)27/h3-9,16,21H,10-15,17-18H2,1-2H3,(H,28,32)/t26-/m0/s1. The molecule has 2 aromatic rings. The molecule has 0 aliphatic carbocycles. The van der Waals surface area contributed by atoms with Crippen LogP contribution in [0.25, 0.3) is 0 Å². The van der Waals surface area contributed by atoms with Crippen LogP contribution in [-0.2, 0) is 22.5 Å². The fraction of sp³-hybridized carbons (Fsp3) is 0.462. The number of amides is 3. The number of carbonyl (C=O) groups excluding carboxylic acids is 2. The minimum atomic E-state index is -1.03. The summed E-state index contributed by atoms with van der Waals surface area (Å²) in [5.41, 5.74) is 0.569. The van der Waals surface area contributed by atoms with Gasteiger partial charge >= 0.3 is 6.03 Å². The number of benzene rings is 2. The highest BCUT2D eigenvalue weighted by molar-refractivity contribution is 6.07. The minimum Gasteiger partial charge on any atom is -0.497 e. The van der Waals surface area contributed by atoms with Crippen molar-refractivity contribution in [3.05, 3.63) is 65.5 Å². The van der Waals surface area contributed by atoms with Gasteiger partial charge in [0.05, 0.1) is 20.3 Å². The van der Waals surface area contributed by atoms with Gasteiger partial charge in [0.15, 0.2) is 0 Å². The van der Waals surface area contributed by atoms with Gasteiger partial charge in [-0.05, 0) is 55.6 Å².